The number of rotatable bonds is 0. The first-order valence-electron chi connectivity index (χ1n) is 11.5. The molecule has 2 aromatic carbocycles. The van der Waals surface area contributed by atoms with E-state index in [4.69, 9.17) is 17.0 Å². The molecule has 0 aliphatic carbocycles. The molecule has 0 aliphatic rings. The third-order valence-corrected chi connectivity index (χ3v) is 4.97. The molecule has 0 atom stereocenters. The van der Waals surface area contributed by atoms with Crippen LogP contribution >= 0.6 is 17.0 Å². The molecule has 0 saturated heterocycles. The van der Waals surface area contributed by atoms with Crippen LogP contribution in [0.5, 0.6) is 0 Å². The Morgan fingerprint density at radius 1 is 0.594 bits per heavy atom. The van der Waals surface area contributed by atoms with Gasteiger partial charge in [0.2, 0.25) is 0 Å². The topological polar surface area (TPSA) is 0 Å². The van der Waals surface area contributed by atoms with Gasteiger partial charge in [-0.25, -0.2) is 12.1 Å². The Balaban J connectivity index is 0. The minimum absolute atomic E-state index is 0.281. The molecule has 0 saturated carbocycles. The predicted molar refractivity (Wildman–Crippen MR) is 149 cm³/mol. The van der Waals surface area contributed by atoms with Gasteiger partial charge in [0, 0.05) is 9.52 Å². The fourth-order valence-corrected chi connectivity index (χ4v) is 2.75. The summed E-state index contributed by atoms with van der Waals surface area (Å²) >= 11 is -0.826. The Labute approximate surface area is 222 Å². The summed E-state index contributed by atoms with van der Waals surface area (Å²) in [4.78, 5) is 0. The molecule has 183 valence electrons. The van der Waals surface area contributed by atoms with Gasteiger partial charge in [-0.15, -0.1) is 0 Å². The molecule has 0 spiro atoms. The van der Waals surface area contributed by atoms with Crippen LogP contribution in [0.25, 0.3) is 0 Å². The van der Waals surface area contributed by atoms with Crippen molar-refractivity contribution in [1.82, 2.24) is 0 Å². The molecule has 4 heteroatoms. The number of hydrogen-bond acceptors (Lipinski definition) is 0. The van der Waals surface area contributed by atoms with Crippen molar-refractivity contribution >= 4 is 26.5 Å². The second-order valence-corrected chi connectivity index (χ2v) is 17.3. The summed E-state index contributed by atoms with van der Waals surface area (Å²) in [7, 11) is 10.6. The van der Waals surface area contributed by atoms with Crippen LogP contribution < -0.4 is 0 Å². The normalized spacial score (nSPS) is 11.8. The van der Waals surface area contributed by atoms with E-state index < -0.39 is 20.8 Å². The fourth-order valence-electron chi connectivity index (χ4n) is 2.75. The third-order valence-electron chi connectivity index (χ3n) is 4.97. The maximum atomic E-state index is 4.93. The average molecular weight is 576 g/mol. The van der Waals surface area contributed by atoms with Crippen LogP contribution in [0, 0.1) is 0 Å². The second kappa shape index (κ2) is 14.7. The predicted octanol–water partition coefficient (Wildman–Crippen LogP) is 9.90. The SMILES string of the molecule is CC(C)(C)c1c[cH-]c(C(C)(C)C)c1.CC(C)(C)c1c[cH-]c(C(C)(C)C)c1.C[SiH]C.[Cl][Zr+2][Cl]. The van der Waals surface area contributed by atoms with E-state index in [2.05, 4.69) is 133 Å². The zero-order valence-corrected chi connectivity index (χ0v) is 28.4. The van der Waals surface area contributed by atoms with E-state index in [1.54, 1.807) is 0 Å². The summed E-state index contributed by atoms with van der Waals surface area (Å²) in [5, 5.41) is 0. The van der Waals surface area contributed by atoms with Gasteiger partial charge < -0.3 is 0 Å². The van der Waals surface area contributed by atoms with Crippen molar-refractivity contribution in [3.05, 3.63) is 58.7 Å². The van der Waals surface area contributed by atoms with Gasteiger partial charge in [-0.3, -0.25) is 0 Å². The van der Waals surface area contributed by atoms with Gasteiger partial charge >= 0.3 is 37.9 Å². The average Bonchev–Trinajstić information content (AvgIpc) is 3.25. The zero-order valence-electron chi connectivity index (χ0n) is 23.3. The van der Waals surface area contributed by atoms with Crippen LogP contribution in [0.15, 0.2) is 36.4 Å². The van der Waals surface area contributed by atoms with Crippen LogP contribution in [0.3, 0.4) is 0 Å². The number of halogens is 2. The van der Waals surface area contributed by atoms with Gasteiger partial charge in [0.15, 0.2) is 0 Å². The Kier molecular flexibility index (Phi) is 15.9. The Morgan fingerprint density at radius 3 is 0.906 bits per heavy atom. The van der Waals surface area contributed by atoms with Crippen molar-refractivity contribution in [3.63, 3.8) is 0 Å². The van der Waals surface area contributed by atoms with Gasteiger partial charge in [-0.2, -0.15) is 46.5 Å². The molecule has 0 N–H and O–H groups in total. The van der Waals surface area contributed by atoms with Crippen molar-refractivity contribution in [2.24, 2.45) is 0 Å². The summed E-state index contributed by atoms with van der Waals surface area (Å²) in [5.74, 6) is 0. The zero-order chi connectivity index (χ0) is 26.0. The molecule has 2 aromatic rings. The molecular weight excluding hydrogens is 527 g/mol. The fraction of sp³-hybridized carbons (Fsp3) is 0.643. The first-order valence-corrected chi connectivity index (χ1v) is 20.1. The van der Waals surface area contributed by atoms with Gasteiger partial charge in [0.25, 0.3) is 0 Å². The van der Waals surface area contributed by atoms with Crippen molar-refractivity contribution < 1.29 is 20.8 Å². The summed E-state index contributed by atoms with van der Waals surface area (Å²) in [5.41, 5.74) is 6.89. The third kappa shape index (κ3) is 14.6. The van der Waals surface area contributed by atoms with Crippen LogP contribution in [-0.4, -0.2) is 9.52 Å². The standard InChI is InChI=1S/2C13H21.C2H7Si.2ClH.Zr/c2*1-12(2,3)10-7-8-11(9-10)13(4,5)6;1-3-2;;;/h2*7-9H,1-6H3;3H,1-2H3;2*1H;/q2*-1;;;;+4/p-2. The van der Waals surface area contributed by atoms with Crippen LogP contribution in [0.2, 0.25) is 13.1 Å². The van der Waals surface area contributed by atoms with E-state index in [9.17, 15) is 0 Å². The van der Waals surface area contributed by atoms with Crippen molar-refractivity contribution in [3.8, 4) is 0 Å². The van der Waals surface area contributed by atoms with Gasteiger partial charge in [0.1, 0.15) is 0 Å². The van der Waals surface area contributed by atoms with Gasteiger partial charge in [-0.05, 0) is 10.8 Å². The van der Waals surface area contributed by atoms with E-state index in [0.29, 0.717) is 0 Å². The molecule has 0 aliphatic heterocycles. The molecule has 0 fully saturated rings. The van der Waals surface area contributed by atoms with Gasteiger partial charge in [0.05, 0.1) is 0 Å². The van der Waals surface area contributed by atoms with E-state index in [0.717, 1.165) is 9.52 Å². The summed E-state index contributed by atoms with van der Waals surface area (Å²) in [6.45, 7) is 31.5. The molecule has 32 heavy (non-hydrogen) atoms. The molecular formula is C28H49Cl2SiZr. The summed E-state index contributed by atoms with van der Waals surface area (Å²) in [6, 6.07) is 13.7. The molecule has 0 nitrogen and oxygen atoms in total. The first kappa shape index (κ1) is 34.5. The monoisotopic (exact) mass is 573 g/mol. The second-order valence-electron chi connectivity index (χ2n) is 12.4. The van der Waals surface area contributed by atoms with E-state index >= 15 is 0 Å². The van der Waals surface area contributed by atoms with E-state index in [1.807, 2.05) is 0 Å². The van der Waals surface area contributed by atoms with Crippen molar-refractivity contribution in [1.29, 1.82) is 0 Å². The Hall–Kier alpha value is 0.380. The molecule has 2 rings (SSSR count). The Bertz CT molecular complexity index is 608. The van der Waals surface area contributed by atoms with E-state index in [1.165, 1.54) is 22.3 Å². The van der Waals surface area contributed by atoms with Crippen LogP contribution in [0.1, 0.15) is 105 Å². The molecule has 0 unspecified atom stereocenters. The quantitative estimate of drug-likeness (QED) is 0.217. The summed E-state index contributed by atoms with van der Waals surface area (Å²) in [6.07, 6.45) is 0. The summed E-state index contributed by atoms with van der Waals surface area (Å²) < 4.78 is 0. The molecule has 0 bridgehead atoms. The maximum absolute atomic E-state index is 4.93. The number of hydrogen-bond donors (Lipinski definition) is 0. The first-order chi connectivity index (χ1) is 14.2. The molecule has 1 radical (unpaired) electrons. The Morgan fingerprint density at radius 2 is 0.812 bits per heavy atom. The molecule has 0 aromatic heterocycles. The van der Waals surface area contributed by atoms with Gasteiger partial charge in [-0.1, -0.05) is 107 Å². The van der Waals surface area contributed by atoms with Crippen LogP contribution in [-0.2, 0) is 42.5 Å². The molecule has 0 amide bonds. The minimum atomic E-state index is -0.826. The van der Waals surface area contributed by atoms with E-state index in [-0.39, 0.29) is 21.7 Å². The van der Waals surface area contributed by atoms with Crippen LogP contribution in [0.4, 0.5) is 0 Å². The van der Waals surface area contributed by atoms with Crippen molar-refractivity contribution in [2.45, 2.75) is 118 Å². The van der Waals surface area contributed by atoms with Crippen molar-refractivity contribution in [2.75, 3.05) is 0 Å². The molecule has 0 heterocycles.